The van der Waals surface area contributed by atoms with Crippen LogP contribution < -0.4 is 9.47 Å². The number of hydrogen-bond donors (Lipinski definition) is 0. The Balaban J connectivity index is 2.91. The lowest BCUT2D eigenvalue weighted by Gasteiger charge is -2.15. The molecule has 0 unspecified atom stereocenters. The molecule has 0 bridgehead atoms. The summed E-state index contributed by atoms with van der Waals surface area (Å²) in [7, 11) is 3.50. The molecule has 0 saturated heterocycles. The topological polar surface area (TPSA) is 18.5 Å². The van der Waals surface area contributed by atoms with Gasteiger partial charge in [0.25, 0.3) is 0 Å². The molecular formula is C17H28O2. The predicted octanol–water partition coefficient (Wildman–Crippen LogP) is 4.78. The average Bonchev–Trinajstić information content (AvgIpc) is 2.45. The Bertz CT molecular complexity index is 347. The monoisotopic (exact) mass is 264 g/mol. The standard InChI is InChI=1S/C17H28O2/c1-5-7-9-10-14-12-16(18-3)15(11-8-6-2)17(13-14)19-4/h12-13H,5-11H2,1-4H3. The molecule has 0 N–H and O–H groups in total. The summed E-state index contributed by atoms with van der Waals surface area (Å²) < 4.78 is 11.1. The summed E-state index contributed by atoms with van der Waals surface area (Å²) in [6.45, 7) is 4.44. The zero-order valence-electron chi connectivity index (χ0n) is 12.9. The third-order valence-electron chi connectivity index (χ3n) is 3.52. The molecule has 0 heterocycles. The molecule has 0 atom stereocenters. The van der Waals surface area contributed by atoms with Crippen LogP contribution in [0.4, 0.5) is 0 Å². The quantitative estimate of drug-likeness (QED) is 0.598. The minimum Gasteiger partial charge on any atom is -0.496 e. The number of unbranched alkanes of at least 4 members (excludes halogenated alkanes) is 3. The molecule has 2 nitrogen and oxygen atoms in total. The molecule has 2 heteroatoms. The summed E-state index contributed by atoms with van der Waals surface area (Å²) >= 11 is 0. The van der Waals surface area contributed by atoms with Crippen LogP contribution in [-0.2, 0) is 12.8 Å². The Hall–Kier alpha value is -1.18. The van der Waals surface area contributed by atoms with E-state index in [2.05, 4.69) is 26.0 Å². The largest absolute Gasteiger partial charge is 0.496 e. The van der Waals surface area contributed by atoms with Crippen molar-refractivity contribution in [1.29, 1.82) is 0 Å². The fourth-order valence-corrected chi connectivity index (χ4v) is 2.36. The van der Waals surface area contributed by atoms with E-state index in [1.165, 1.54) is 43.2 Å². The van der Waals surface area contributed by atoms with Gasteiger partial charge in [0.1, 0.15) is 11.5 Å². The molecule has 0 spiro atoms. The van der Waals surface area contributed by atoms with E-state index in [4.69, 9.17) is 9.47 Å². The first-order chi connectivity index (χ1) is 9.26. The van der Waals surface area contributed by atoms with Crippen molar-refractivity contribution in [2.75, 3.05) is 14.2 Å². The van der Waals surface area contributed by atoms with Crippen molar-refractivity contribution < 1.29 is 9.47 Å². The minimum atomic E-state index is 0.985. The van der Waals surface area contributed by atoms with Gasteiger partial charge in [0.2, 0.25) is 0 Å². The van der Waals surface area contributed by atoms with Gasteiger partial charge >= 0.3 is 0 Å². The zero-order chi connectivity index (χ0) is 14.1. The van der Waals surface area contributed by atoms with Crippen molar-refractivity contribution in [3.05, 3.63) is 23.3 Å². The van der Waals surface area contributed by atoms with E-state index in [0.29, 0.717) is 0 Å². The van der Waals surface area contributed by atoms with Gasteiger partial charge in [0, 0.05) is 5.56 Å². The molecule has 0 aliphatic rings. The maximum atomic E-state index is 5.55. The minimum absolute atomic E-state index is 0.985. The molecule has 0 aromatic heterocycles. The van der Waals surface area contributed by atoms with Crippen LogP contribution in [-0.4, -0.2) is 14.2 Å². The van der Waals surface area contributed by atoms with Gasteiger partial charge in [-0.2, -0.15) is 0 Å². The number of aryl methyl sites for hydroxylation is 1. The van der Waals surface area contributed by atoms with E-state index in [0.717, 1.165) is 24.3 Å². The summed E-state index contributed by atoms with van der Waals surface area (Å²) in [5.74, 6) is 1.97. The molecule has 1 aromatic carbocycles. The van der Waals surface area contributed by atoms with Crippen LogP contribution in [0.2, 0.25) is 0 Å². The Morgan fingerprint density at radius 3 is 1.84 bits per heavy atom. The molecule has 0 fully saturated rings. The molecule has 0 aliphatic carbocycles. The Labute approximate surface area is 118 Å². The van der Waals surface area contributed by atoms with Gasteiger partial charge < -0.3 is 9.47 Å². The molecule has 1 aromatic rings. The van der Waals surface area contributed by atoms with E-state index in [1.807, 2.05) is 0 Å². The molecule has 108 valence electrons. The highest BCUT2D eigenvalue weighted by atomic mass is 16.5. The highest BCUT2D eigenvalue weighted by Crippen LogP contribution is 2.32. The lowest BCUT2D eigenvalue weighted by Crippen LogP contribution is -1.99. The fraction of sp³-hybridized carbons (Fsp3) is 0.647. The fourth-order valence-electron chi connectivity index (χ4n) is 2.36. The van der Waals surface area contributed by atoms with E-state index in [1.54, 1.807) is 14.2 Å². The van der Waals surface area contributed by atoms with Crippen LogP contribution in [0.5, 0.6) is 11.5 Å². The van der Waals surface area contributed by atoms with Crippen LogP contribution in [0.1, 0.15) is 57.1 Å². The first kappa shape index (κ1) is 15.9. The first-order valence-corrected chi connectivity index (χ1v) is 7.50. The lowest BCUT2D eigenvalue weighted by molar-refractivity contribution is 0.383. The molecular weight excluding hydrogens is 236 g/mol. The van der Waals surface area contributed by atoms with Gasteiger partial charge in [-0.15, -0.1) is 0 Å². The Morgan fingerprint density at radius 1 is 0.789 bits per heavy atom. The number of benzene rings is 1. The van der Waals surface area contributed by atoms with Crippen molar-refractivity contribution >= 4 is 0 Å². The molecule has 19 heavy (non-hydrogen) atoms. The molecule has 0 amide bonds. The zero-order valence-corrected chi connectivity index (χ0v) is 12.9. The van der Waals surface area contributed by atoms with E-state index >= 15 is 0 Å². The van der Waals surface area contributed by atoms with Gasteiger partial charge in [-0.3, -0.25) is 0 Å². The van der Waals surface area contributed by atoms with E-state index in [-0.39, 0.29) is 0 Å². The van der Waals surface area contributed by atoms with Crippen molar-refractivity contribution in [2.24, 2.45) is 0 Å². The summed E-state index contributed by atoms with van der Waals surface area (Å²) in [6, 6.07) is 4.37. The smallest absolute Gasteiger partial charge is 0.126 e. The molecule has 0 aliphatic heterocycles. The normalized spacial score (nSPS) is 10.5. The SMILES string of the molecule is CCCCCc1cc(OC)c(CCCC)c(OC)c1. The van der Waals surface area contributed by atoms with Gasteiger partial charge in [0.15, 0.2) is 0 Å². The maximum Gasteiger partial charge on any atom is 0.126 e. The highest BCUT2D eigenvalue weighted by Gasteiger charge is 2.12. The van der Waals surface area contributed by atoms with Gasteiger partial charge in [-0.25, -0.2) is 0 Å². The second kappa shape index (κ2) is 8.84. The maximum absolute atomic E-state index is 5.55. The van der Waals surface area contributed by atoms with Gasteiger partial charge in [0.05, 0.1) is 14.2 Å². The predicted molar refractivity (Wildman–Crippen MR) is 81.4 cm³/mol. The van der Waals surface area contributed by atoms with Crippen LogP contribution >= 0.6 is 0 Å². The second-order valence-corrected chi connectivity index (χ2v) is 5.04. The number of hydrogen-bond acceptors (Lipinski definition) is 2. The Kier molecular flexibility index (Phi) is 7.39. The first-order valence-electron chi connectivity index (χ1n) is 7.50. The van der Waals surface area contributed by atoms with E-state index < -0.39 is 0 Å². The van der Waals surface area contributed by atoms with Crippen LogP contribution in [0.25, 0.3) is 0 Å². The summed E-state index contributed by atoms with van der Waals surface area (Å²) in [5, 5.41) is 0. The van der Waals surface area contributed by atoms with Crippen molar-refractivity contribution in [1.82, 2.24) is 0 Å². The average molecular weight is 264 g/mol. The highest BCUT2D eigenvalue weighted by molar-refractivity contribution is 5.48. The lowest BCUT2D eigenvalue weighted by atomic mass is 10.0. The third kappa shape index (κ3) is 4.77. The van der Waals surface area contributed by atoms with E-state index in [9.17, 15) is 0 Å². The second-order valence-electron chi connectivity index (χ2n) is 5.04. The number of rotatable bonds is 9. The number of ether oxygens (including phenoxy) is 2. The van der Waals surface area contributed by atoms with Crippen LogP contribution in [0, 0.1) is 0 Å². The van der Waals surface area contributed by atoms with Crippen molar-refractivity contribution in [2.45, 2.75) is 58.8 Å². The van der Waals surface area contributed by atoms with Gasteiger partial charge in [-0.1, -0.05) is 33.1 Å². The third-order valence-corrected chi connectivity index (χ3v) is 3.52. The molecule has 1 rings (SSSR count). The summed E-state index contributed by atoms with van der Waals surface area (Å²) in [4.78, 5) is 0. The Morgan fingerprint density at radius 2 is 1.37 bits per heavy atom. The molecule has 0 radical (unpaired) electrons. The molecule has 0 saturated carbocycles. The van der Waals surface area contributed by atoms with Crippen molar-refractivity contribution in [3.8, 4) is 11.5 Å². The van der Waals surface area contributed by atoms with Crippen molar-refractivity contribution in [3.63, 3.8) is 0 Å². The summed E-state index contributed by atoms with van der Waals surface area (Å²) in [6.07, 6.45) is 8.25. The van der Waals surface area contributed by atoms with Gasteiger partial charge in [-0.05, 0) is 43.4 Å². The van der Waals surface area contributed by atoms with Crippen LogP contribution in [0.15, 0.2) is 12.1 Å². The van der Waals surface area contributed by atoms with Crippen LogP contribution in [0.3, 0.4) is 0 Å². The summed E-state index contributed by atoms with van der Waals surface area (Å²) in [5.41, 5.74) is 2.54. The number of methoxy groups -OCH3 is 2.